The molecule has 1 aliphatic rings. The normalized spacial score (nSPS) is 15.2. The molecule has 2 amide bonds. The van der Waals surface area contributed by atoms with Crippen LogP contribution in [0.4, 0.5) is 14.5 Å². The largest absolute Gasteiger partial charge is 0.480 e. The van der Waals surface area contributed by atoms with Gasteiger partial charge in [0, 0.05) is 19.5 Å². The molecule has 0 radical (unpaired) electrons. The number of carbonyl (C=O) groups excluding carboxylic acids is 2. The van der Waals surface area contributed by atoms with E-state index in [1.54, 1.807) is 0 Å². The van der Waals surface area contributed by atoms with Crippen molar-refractivity contribution in [1.82, 2.24) is 10.0 Å². The quantitative estimate of drug-likeness (QED) is 0.464. The molecule has 0 spiro atoms. The second-order valence-corrected chi connectivity index (χ2v) is 10.4. The molecule has 1 aromatic heterocycles. The number of aliphatic carboxylic acids is 1. The smallest absolute Gasteiger partial charge is 0.323 e. The molecule has 1 aromatic carbocycles. The van der Waals surface area contributed by atoms with Crippen LogP contribution in [0, 0.1) is 0 Å². The van der Waals surface area contributed by atoms with Crippen LogP contribution in [-0.4, -0.2) is 50.4 Å². The van der Waals surface area contributed by atoms with Crippen molar-refractivity contribution >= 4 is 56.4 Å². The summed E-state index contributed by atoms with van der Waals surface area (Å²) in [5.41, 5.74) is -1.15. The molecule has 1 aliphatic heterocycles. The molecule has 14 heteroatoms. The minimum atomic E-state index is -4.78. The number of sulfonamides is 1. The number of hydrogen-bond acceptors (Lipinski definition) is 6. The molecule has 2 heterocycles. The molecule has 1 saturated heterocycles. The average molecular weight is 522 g/mol. The van der Waals surface area contributed by atoms with E-state index in [0.29, 0.717) is 10.8 Å². The van der Waals surface area contributed by atoms with Gasteiger partial charge in [-0.05, 0) is 30.7 Å². The number of amides is 2. The van der Waals surface area contributed by atoms with Gasteiger partial charge in [0.05, 0.1) is 25.4 Å². The first kappa shape index (κ1) is 25.0. The van der Waals surface area contributed by atoms with Crippen molar-refractivity contribution in [2.24, 2.45) is 0 Å². The van der Waals surface area contributed by atoms with Gasteiger partial charge in [0.15, 0.2) is 0 Å². The zero-order valence-corrected chi connectivity index (χ0v) is 19.1. The third-order valence-electron chi connectivity index (χ3n) is 4.77. The van der Waals surface area contributed by atoms with Crippen molar-refractivity contribution in [2.75, 3.05) is 18.0 Å². The Labute approximate surface area is 196 Å². The summed E-state index contributed by atoms with van der Waals surface area (Å²) in [6, 6.07) is 4.32. The molecule has 1 atom stereocenters. The second kappa shape index (κ2) is 10.1. The second-order valence-electron chi connectivity index (χ2n) is 6.96. The summed E-state index contributed by atoms with van der Waals surface area (Å²) < 4.78 is 55.8. The third-order valence-corrected chi connectivity index (χ3v) is 7.53. The van der Waals surface area contributed by atoms with E-state index >= 15 is 0 Å². The number of anilines is 1. The van der Waals surface area contributed by atoms with Gasteiger partial charge in [-0.25, -0.2) is 17.2 Å². The van der Waals surface area contributed by atoms with Crippen LogP contribution in [0.25, 0.3) is 0 Å². The van der Waals surface area contributed by atoms with E-state index in [1.165, 1.54) is 24.3 Å². The maximum absolute atomic E-state index is 13.9. The number of carboxylic acids is 1. The molecule has 33 heavy (non-hydrogen) atoms. The van der Waals surface area contributed by atoms with E-state index in [0.717, 1.165) is 22.3 Å². The fourth-order valence-electron chi connectivity index (χ4n) is 3.27. The van der Waals surface area contributed by atoms with Crippen LogP contribution in [0.2, 0.25) is 4.34 Å². The minimum absolute atomic E-state index is 0.147. The van der Waals surface area contributed by atoms with Crippen molar-refractivity contribution < 1.29 is 36.7 Å². The van der Waals surface area contributed by atoms with Gasteiger partial charge in [0.2, 0.25) is 15.9 Å². The summed E-state index contributed by atoms with van der Waals surface area (Å²) in [5, 5.41) is 11.7. The van der Waals surface area contributed by atoms with Crippen molar-refractivity contribution in [3.05, 3.63) is 45.1 Å². The van der Waals surface area contributed by atoms with E-state index in [1.807, 2.05) is 4.72 Å². The van der Waals surface area contributed by atoms with Crippen LogP contribution in [-0.2, 0) is 19.6 Å². The third kappa shape index (κ3) is 5.66. The zero-order valence-electron chi connectivity index (χ0n) is 16.8. The van der Waals surface area contributed by atoms with Gasteiger partial charge in [-0.1, -0.05) is 17.7 Å². The highest BCUT2D eigenvalue weighted by Crippen LogP contribution is 2.37. The number of alkyl halides is 2. The molecule has 1 fully saturated rings. The molecular weight excluding hydrogens is 504 g/mol. The standard InChI is InChI=1S/C19H18ClF2N3O6S2/c20-14-7-6-12(32-14)18(27)23-9-10(19(28)29)24-33(30,31)13-4-1-3-11(16(13)17(21)22)25-8-2-5-15(25)26/h1,3-4,6-7,10,17,24H,2,5,8-9H2,(H,23,27)(H,28,29). The summed E-state index contributed by atoms with van der Waals surface area (Å²) in [7, 11) is -4.78. The Kier molecular flexibility index (Phi) is 7.67. The fraction of sp³-hybridized carbons (Fsp3) is 0.316. The van der Waals surface area contributed by atoms with E-state index < -0.39 is 57.3 Å². The summed E-state index contributed by atoms with van der Waals surface area (Å²) in [4.78, 5) is 36.2. The van der Waals surface area contributed by atoms with E-state index in [9.17, 15) is 36.7 Å². The lowest BCUT2D eigenvalue weighted by Crippen LogP contribution is -2.48. The molecule has 0 saturated carbocycles. The van der Waals surface area contributed by atoms with Gasteiger partial charge in [0.25, 0.3) is 12.3 Å². The van der Waals surface area contributed by atoms with Crippen molar-refractivity contribution in [2.45, 2.75) is 30.2 Å². The van der Waals surface area contributed by atoms with Crippen LogP contribution in [0.15, 0.2) is 35.2 Å². The van der Waals surface area contributed by atoms with Gasteiger partial charge < -0.3 is 15.3 Å². The lowest BCUT2D eigenvalue weighted by Gasteiger charge is -2.22. The Morgan fingerprint density at radius 1 is 1.24 bits per heavy atom. The summed E-state index contributed by atoms with van der Waals surface area (Å²) in [5.74, 6) is -2.73. The Morgan fingerprint density at radius 3 is 2.52 bits per heavy atom. The summed E-state index contributed by atoms with van der Waals surface area (Å²) in [6.45, 7) is -0.497. The predicted octanol–water partition coefficient (Wildman–Crippen LogP) is 2.63. The molecule has 3 rings (SSSR count). The summed E-state index contributed by atoms with van der Waals surface area (Å²) in [6.07, 6.45) is -2.67. The zero-order chi connectivity index (χ0) is 24.3. The van der Waals surface area contributed by atoms with Crippen molar-refractivity contribution in [3.63, 3.8) is 0 Å². The Balaban J connectivity index is 1.86. The Morgan fingerprint density at radius 2 is 1.97 bits per heavy atom. The van der Waals surface area contributed by atoms with Gasteiger partial charge in [-0.3, -0.25) is 14.4 Å². The van der Waals surface area contributed by atoms with Crippen LogP contribution < -0.4 is 14.9 Å². The number of benzene rings is 1. The van der Waals surface area contributed by atoms with E-state index in [4.69, 9.17) is 11.6 Å². The number of nitrogens with one attached hydrogen (secondary N) is 2. The van der Waals surface area contributed by atoms with Crippen LogP contribution in [0.1, 0.15) is 34.5 Å². The van der Waals surface area contributed by atoms with Gasteiger partial charge >= 0.3 is 5.97 Å². The number of rotatable bonds is 9. The monoisotopic (exact) mass is 521 g/mol. The number of carboxylic acid groups (broad SMARTS) is 1. The highest BCUT2D eigenvalue weighted by atomic mass is 35.5. The lowest BCUT2D eigenvalue weighted by molar-refractivity contribution is -0.138. The number of nitrogens with zero attached hydrogens (tertiary/aromatic N) is 1. The minimum Gasteiger partial charge on any atom is -0.480 e. The first-order chi connectivity index (χ1) is 15.5. The molecule has 0 aliphatic carbocycles. The SMILES string of the molecule is O=C(NCC(NS(=O)(=O)c1cccc(N2CCCC2=O)c1C(F)F)C(=O)O)c1ccc(Cl)s1. The van der Waals surface area contributed by atoms with Crippen LogP contribution >= 0.6 is 22.9 Å². The molecule has 0 bridgehead atoms. The molecule has 178 valence electrons. The fourth-order valence-corrected chi connectivity index (χ4v) is 5.66. The van der Waals surface area contributed by atoms with E-state index in [2.05, 4.69) is 5.32 Å². The molecule has 9 nitrogen and oxygen atoms in total. The predicted molar refractivity (Wildman–Crippen MR) is 116 cm³/mol. The van der Waals surface area contributed by atoms with Crippen LogP contribution in [0.5, 0.6) is 0 Å². The van der Waals surface area contributed by atoms with Crippen LogP contribution in [0.3, 0.4) is 0 Å². The molecule has 1 unspecified atom stereocenters. The highest BCUT2D eigenvalue weighted by molar-refractivity contribution is 7.89. The maximum Gasteiger partial charge on any atom is 0.323 e. The lowest BCUT2D eigenvalue weighted by atomic mass is 10.1. The Hall–Kier alpha value is -2.61. The first-order valence-electron chi connectivity index (χ1n) is 9.51. The Bertz CT molecular complexity index is 1190. The van der Waals surface area contributed by atoms with Gasteiger partial charge in [-0.2, -0.15) is 4.72 Å². The number of carbonyl (C=O) groups is 3. The summed E-state index contributed by atoms with van der Waals surface area (Å²) >= 11 is 6.69. The average Bonchev–Trinajstić information content (AvgIpc) is 3.38. The molecular formula is C19H18ClF2N3O6S2. The topological polar surface area (TPSA) is 133 Å². The number of thiophene rings is 1. The number of hydrogen-bond donors (Lipinski definition) is 3. The molecule has 2 aromatic rings. The van der Waals surface area contributed by atoms with Gasteiger partial charge in [0.1, 0.15) is 6.04 Å². The maximum atomic E-state index is 13.9. The van der Waals surface area contributed by atoms with Crippen molar-refractivity contribution in [1.29, 1.82) is 0 Å². The molecule has 3 N–H and O–H groups in total. The first-order valence-corrected chi connectivity index (χ1v) is 12.2. The van der Waals surface area contributed by atoms with Crippen molar-refractivity contribution in [3.8, 4) is 0 Å². The highest BCUT2D eigenvalue weighted by Gasteiger charge is 2.34. The van der Waals surface area contributed by atoms with E-state index in [-0.39, 0.29) is 23.5 Å². The van der Waals surface area contributed by atoms with Gasteiger partial charge in [-0.15, -0.1) is 11.3 Å². The number of halogens is 3.